The van der Waals surface area contributed by atoms with E-state index < -0.39 is 11.9 Å². The van der Waals surface area contributed by atoms with Crippen molar-refractivity contribution in [3.8, 4) is 28.0 Å². The second-order valence-electron chi connectivity index (χ2n) is 6.83. The third kappa shape index (κ3) is 4.89. The van der Waals surface area contributed by atoms with E-state index in [9.17, 15) is 19.8 Å². The number of hydrogen-bond donors (Lipinski definition) is 3. The zero-order chi connectivity index (χ0) is 21.8. The van der Waals surface area contributed by atoms with Gasteiger partial charge in [0.2, 0.25) is 0 Å². The molecule has 0 aliphatic rings. The molecule has 0 spiro atoms. The van der Waals surface area contributed by atoms with Crippen molar-refractivity contribution in [2.75, 3.05) is 5.32 Å². The van der Waals surface area contributed by atoms with Gasteiger partial charge in [0.1, 0.15) is 5.75 Å². The summed E-state index contributed by atoms with van der Waals surface area (Å²) >= 11 is 0. The number of hydrogen-bond acceptors (Lipinski definition) is 4. The van der Waals surface area contributed by atoms with Gasteiger partial charge in [-0.15, -0.1) is 0 Å². The van der Waals surface area contributed by atoms with Gasteiger partial charge in [0.05, 0.1) is 16.8 Å². The van der Waals surface area contributed by atoms with Crippen LogP contribution in [0.3, 0.4) is 0 Å². The number of carbonyl (C=O) groups excluding carboxylic acids is 1. The first kappa shape index (κ1) is 23.2. The number of carbonyl (C=O) groups is 2. The van der Waals surface area contributed by atoms with Gasteiger partial charge in [-0.2, -0.15) is 0 Å². The van der Waals surface area contributed by atoms with Crippen LogP contribution in [0.15, 0.2) is 91.3 Å². The van der Waals surface area contributed by atoms with Gasteiger partial charge >= 0.3 is 35.5 Å². The minimum Gasteiger partial charge on any atom is -1.00 e. The molecule has 4 aromatic rings. The first-order chi connectivity index (χ1) is 15.0. The third-order valence-corrected chi connectivity index (χ3v) is 4.86. The van der Waals surface area contributed by atoms with Crippen LogP contribution in [0.4, 0.5) is 5.69 Å². The SMILES string of the molecule is O=C(O)c1ccc(-c2ccccc2)cc1NC(=O)c1cccc(-c2cccnc2)c1O.[H-].[Na+]. The van der Waals surface area contributed by atoms with E-state index >= 15 is 0 Å². The Labute approximate surface area is 208 Å². The number of phenols is 1. The largest absolute Gasteiger partial charge is 1.00 e. The number of nitrogens with one attached hydrogen (secondary N) is 1. The number of rotatable bonds is 5. The standard InChI is InChI=1S/C25H18N2O4.Na.H/c28-23-19(18-8-5-13-26-15-18)9-4-10-21(23)24(29)27-22-14-17(11-12-20(22)25(30)31)16-6-2-1-3-7-16;;/h1-15,28H,(H,27,29)(H,30,31);;/q;+1;-1. The summed E-state index contributed by atoms with van der Waals surface area (Å²) in [5.41, 5.74) is 2.89. The van der Waals surface area contributed by atoms with E-state index in [0.717, 1.165) is 11.1 Å². The Hall–Kier alpha value is -3.45. The molecule has 6 nitrogen and oxygen atoms in total. The number of benzene rings is 3. The number of aromatic carboxylic acids is 1. The molecule has 0 aliphatic heterocycles. The van der Waals surface area contributed by atoms with Crippen molar-refractivity contribution in [2.45, 2.75) is 0 Å². The fourth-order valence-electron chi connectivity index (χ4n) is 3.32. The van der Waals surface area contributed by atoms with E-state index in [0.29, 0.717) is 11.1 Å². The maximum absolute atomic E-state index is 13.0. The summed E-state index contributed by atoms with van der Waals surface area (Å²) in [4.78, 5) is 28.7. The average molecular weight is 434 g/mol. The van der Waals surface area contributed by atoms with Crippen molar-refractivity contribution in [3.63, 3.8) is 0 Å². The topological polar surface area (TPSA) is 99.5 Å². The van der Waals surface area contributed by atoms with Gasteiger partial charge < -0.3 is 17.0 Å². The van der Waals surface area contributed by atoms with Crippen LogP contribution < -0.4 is 34.9 Å². The molecule has 0 aliphatic carbocycles. The van der Waals surface area contributed by atoms with Crippen LogP contribution in [0.5, 0.6) is 5.75 Å². The number of carboxylic acid groups (broad SMARTS) is 1. The summed E-state index contributed by atoms with van der Waals surface area (Å²) in [6.07, 6.45) is 3.20. The van der Waals surface area contributed by atoms with Gasteiger partial charge in [0.25, 0.3) is 5.91 Å². The van der Waals surface area contributed by atoms with Gasteiger partial charge in [-0.05, 0) is 35.4 Å². The second kappa shape index (κ2) is 10.2. The molecule has 4 rings (SSSR count). The number of phenolic OH excluding ortho intramolecular Hbond substituents is 1. The Kier molecular flexibility index (Phi) is 7.43. The van der Waals surface area contributed by atoms with E-state index in [-0.39, 0.29) is 53.5 Å². The van der Waals surface area contributed by atoms with Crippen molar-refractivity contribution in [3.05, 3.63) is 102 Å². The molecule has 32 heavy (non-hydrogen) atoms. The van der Waals surface area contributed by atoms with Crippen LogP contribution >= 0.6 is 0 Å². The molecule has 1 heterocycles. The summed E-state index contributed by atoms with van der Waals surface area (Å²) in [5, 5.41) is 22.9. The number of amides is 1. The Balaban J connectivity index is 0.00000193. The number of para-hydroxylation sites is 1. The van der Waals surface area contributed by atoms with E-state index in [1.165, 1.54) is 12.1 Å². The minimum absolute atomic E-state index is 0. The zero-order valence-corrected chi connectivity index (χ0v) is 19.3. The number of aromatic hydroxyl groups is 1. The molecule has 0 saturated heterocycles. The Morgan fingerprint density at radius 1 is 0.812 bits per heavy atom. The van der Waals surface area contributed by atoms with Crippen LogP contribution in [0, 0.1) is 0 Å². The fraction of sp³-hybridized carbons (Fsp3) is 0. The summed E-state index contributed by atoms with van der Waals surface area (Å²) in [6.45, 7) is 0. The quantitative estimate of drug-likeness (QED) is 0.418. The molecule has 0 radical (unpaired) electrons. The Morgan fingerprint density at radius 3 is 2.25 bits per heavy atom. The summed E-state index contributed by atoms with van der Waals surface area (Å²) < 4.78 is 0. The van der Waals surface area contributed by atoms with Crippen molar-refractivity contribution in [1.82, 2.24) is 4.98 Å². The molecule has 0 fully saturated rings. The molecule has 0 saturated carbocycles. The molecule has 1 aromatic heterocycles. The maximum atomic E-state index is 13.0. The molecule has 3 aromatic carbocycles. The maximum Gasteiger partial charge on any atom is 1.00 e. The van der Waals surface area contributed by atoms with Crippen LogP contribution in [0.25, 0.3) is 22.3 Å². The monoisotopic (exact) mass is 434 g/mol. The zero-order valence-electron chi connectivity index (χ0n) is 18.3. The van der Waals surface area contributed by atoms with Gasteiger partial charge in [0, 0.05) is 23.5 Å². The fourth-order valence-corrected chi connectivity index (χ4v) is 3.32. The minimum atomic E-state index is -1.16. The molecular formula is C25H19N2NaO4. The first-order valence-electron chi connectivity index (χ1n) is 9.51. The second-order valence-corrected chi connectivity index (χ2v) is 6.83. The summed E-state index contributed by atoms with van der Waals surface area (Å²) in [5.74, 6) is -1.98. The number of carboxylic acids is 1. The molecular weight excluding hydrogens is 415 g/mol. The van der Waals surface area contributed by atoms with Gasteiger partial charge in [-0.1, -0.05) is 54.6 Å². The number of anilines is 1. The molecule has 7 heteroatoms. The number of nitrogens with zero attached hydrogens (tertiary/aromatic N) is 1. The van der Waals surface area contributed by atoms with E-state index in [4.69, 9.17) is 0 Å². The third-order valence-electron chi connectivity index (χ3n) is 4.86. The molecule has 0 unspecified atom stereocenters. The van der Waals surface area contributed by atoms with Gasteiger partial charge in [-0.3, -0.25) is 9.78 Å². The smallest absolute Gasteiger partial charge is 1.00 e. The predicted octanol–water partition coefficient (Wildman–Crippen LogP) is 2.19. The molecule has 0 bridgehead atoms. The predicted molar refractivity (Wildman–Crippen MR) is 119 cm³/mol. The number of aromatic nitrogens is 1. The van der Waals surface area contributed by atoms with Crippen LogP contribution in [0.2, 0.25) is 0 Å². The van der Waals surface area contributed by atoms with Crippen molar-refractivity contribution in [2.24, 2.45) is 0 Å². The average Bonchev–Trinajstić information content (AvgIpc) is 2.80. The molecule has 1 amide bonds. The summed E-state index contributed by atoms with van der Waals surface area (Å²) in [7, 11) is 0. The summed E-state index contributed by atoms with van der Waals surface area (Å²) in [6, 6.07) is 22.5. The van der Waals surface area contributed by atoms with Crippen molar-refractivity contribution < 1.29 is 50.8 Å². The molecule has 0 atom stereocenters. The molecule has 154 valence electrons. The van der Waals surface area contributed by atoms with Gasteiger partial charge in [-0.25, -0.2) is 4.79 Å². The molecule has 3 N–H and O–H groups in total. The Bertz CT molecular complexity index is 1270. The van der Waals surface area contributed by atoms with Gasteiger partial charge in [0.15, 0.2) is 0 Å². The van der Waals surface area contributed by atoms with Crippen LogP contribution in [-0.2, 0) is 0 Å². The van der Waals surface area contributed by atoms with E-state index in [1.807, 2.05) is 30.3 Å². The first-order valence-corrected chi connectivity index (χ1v) is 9.51. The number of pyridine rings is 1. The van der Waals surface area contributed by atoms with Crippen LogP contribution in [0.1, 0.15) is 22.1 Å². The van der Waals surface area contributed by atoms with Crippen molar-refractivity contribution in [1.29, 1.82) is 0 Å². The van der Waals surface area contributed by atoms with Crippen LogP contribution in [-0.4, -0.2) is 27.1 Å². The Morgan fingerprint density at radius 2 is 1.56 bits per heavy atom. The van der Waals surface area contributed by atoms with Crippen molar-refractivity contribution >= 4 is 17.6 Å². The van der Waals surface area contributed by atoms with E-state index in [2.05, 4.69) is 10.3 Å². The normalized spacial score (nSPS) is 10.1. The van der Waals surface area contributed by atoms with E-state index in [1.54, 1.807) is 48.8 Å².